The maximum atomic E-state index is 6.09. The van der Waals surface area contributed by atoms with Crippen LogP contribution in [0.3, 0.4) is 0 Å². The minimum Gasteiger partial charge on any atom is -0.324 e. The largest absolute Gasteiger partial charge is 0.324 e. The SMILES string of the molecule is C[C@@H](N)c1ccc(Sc2ncccc2Cl)c(Br)c1. The van der Waals surface area contributed by atoms with Crippen molar-refractivity contribution in [1.29, 1.82) is 0 Å². The van der Waals surface area contributed by atoms with Crippen molar-refractivity contribution < 1.29 is 0 Å². The Kier molecular flexibility index (Phi) is 4.67. The summed E-state index contributed by atoms with van der Waals surface area (Å²) in [6, 6.07) is 9.76. The Bertz CT molecular complexity index is 560. The Morgan fingerprint density at radius 2 is 2.17 bits per heavy atom. The molecule has 1 aromatic carbocycles. The lowest BCUT2D eigenvalue weighted by Gasteiger charge is -2.09. The van der Waals surface area contributed by atoms with Crippen molar-refractivity contribution in [3.63, 3.8) is 0 Å². The van der Waals surface area contributed by atoms with Crippen molar-refractivity contribution in [1.82, 2.24) is 4.98 Å². The Morgan fingerprint density at radius 3 is 2.78 bits per heavy atom. The Hall–Kier alpha value is -0.550. The zero-order chi connectivity index (χ0) is 13.1. The number of hydrogen-bond acceptors (Lipinski definition) is 3. The first-order valence-electron chi connectivity index (χ1n) is 5.41. The van der Waals surface area contributed by atoms with Crippen LogP contribution in [0.5, 0.6) is 0 Å². The molecular weight excluding hydrogens is 332 g/mol. The molecule has 0 bridgehead atoms. The summed E-state index contributed by atoms with van der Waals surface area (Å²) < 4.78 is 1.00. The molecule has 2 nitrogen and oxygen atoms in total. The van der Waals surface area contributed by atoms with Gasteiger partial charge in [0.2, 0.25) is 0 Å². The lowest BCUT2D eigenvalue weighted by atomic mass is 10.1. The van der Waals surface area contributed by atoms with Crippen molar-refractivity contribution >= 4 is 39.3 Å². The molecule has 0 amide bonds. The maximum Gasteiger partial charge on any atom is 0.119 e. The van der Waals surface area contributed by atoms with Crippen LogP contribution in [-0.4, -0.2) is 4.98 Å². The summed E-state index contributed by atoms with van der Waals surface area (Å²) >= 11 is 11.2. The third kappa shape index (κ3) is 3.26. The monoisotopic (exact) mass is 342 g/mol. The molecule has 0 saturated heterocycles. The highest BCUT2D eigenvalue weighted by Gasteiger charge is 2.08. The van der Waals surface area contributed by atoms with E-state index in [9.17, 15) is 0 Å². The van der Waals surface area contributed by atoms with Crippen molar-refractivity contribution in [3.8, 4) is 0 Å². The molecule has 18 heavy (non-hydrogen) atoms. The van der Waals surface area contributed by atoms with Crippen LogP contribution >= 0.6 is 39.3 Å². The number of halogens is 2. The average molecular weight is 344 g/mol. The van der Waals surface area contributed by atoms with Crippen LogP contribution in [0, 0.1) is 0 Å². The topological polar surface area (TPSA) is 38.9 Å². The van der Waals surface area contributed by atoms with Gasteiger partial charge in [-0.25, -0.2) is 4.98 Å². The van der Waals surface area contributed by atoms with E-state index in [1.807, 2.05) is 37.3 Å². The Labute approximate surface area is 124 Å². The summed E-state index contributed by atoms with van der Waals surface area (Å²) in [5.41, 5.74) is 6.94. The number of nitrogens with two attached hydrogens (primary N) is 1. The van der Waals surface area contributed by atoms with Crippen LogP contribution in [0.1, 0.15) is 18.5 Å². The van der Waals surface area contributed by atoms with E-state index in [-0.39, 0.29) is 6.04 Å². The van der Waals surface area contributed by atoms with E-state index in [1.165, 1.54) is 11.8 Å². The summed E-state index contributed by atoms with van der Waals surface area (Å²) in [5.74, 6) is 0. The molecule has 2 aromatic rings. The van der Waals surface area contributed by atoms with Crippen LogP contribution in [-0.2, 0) is 0 Å². The summed E-state index contributed by atoms with van der Waals surface area (Å²) in [5, 5.41) is 1.46. The zero-order valence-electron chi connectivity index (χ0n) is 9.73. The molecule has 0 aliphatic heterocycles. The maximum absolute atomic E-state index is 6.09. The number of pyridine rings is 1. The molecule has 0 spiro atoms. The van der Waals surface area contributed by atoms with Gasteiger partial charge in [-0.15, -0.1) is 0 Å². The lowest BCUT2D eigenvalue weighted by molar-refractivity contribution is 0.815. The molecule has 0 radical (unpaired) electrons. The molecule has 5 heteroatoms. The fraction of sp³-hybridized carbons (Fsp3) is 0.154. The van der Waals surface area contributed by atoms with Gasteiger partial charge >= 0.3 is 0 Å². The molecule has 0 unspecified atom stereocenters. The van der Waals surface area contributed by atoms with Gasteiger partial charge in [-0.2, -0.15) is 0 Å². The van der Waals surface area contributed by atoms with Gasteiger partial charge in [-0.05, 0) is 52.7 Å². The molecule has 1 aromatic heterocycles. The van der Waals surface area contributed by atoms with Gasteiger partial charge in [-0.1, -0.05) is 29.4 Å². The highest BCUT2D eigenvalue weighted by molar-refractivity contribution is 9.10. The minimum absolute atomic E-state index is 0.0267. The van der Waals surface area contributed by atoms with Crippen LogP contribution in [0.4, 0.5) is 0 Å². The van der Waals surface area contributed by atoms with Crippen molar-refractivity contribution in [2.45, 2.75) is 22.9 Å². The van der Waals surface area contributed by atoms with Crippen molar-refractivity contribution in [2.75, 3.05) is 0 Å². The summed E-state index contributed by atoms with van der Waals surface area (Å²) in [6.07, 6.45) is 1.73. The minimum atomic E-state index is 0.0267. The smallest absolute Gasteiger partial charge is 0.119 e. The summed E-state index contributed by atoms with van der Waals surface area (Å²) in [7, 11) is 0. The lowest BCUT2D eigenvalue weighted by Crippen LogP contribution is -2.04. The second-order valence-corrected chi connectivity index (χ2v) is 6.16. The standard InChI is InChI=1S/C13H12BrClN2S/c1-8(16)9-4-5-12(10(14)7-9)18-13-11(15)3-2-6-17-13/h2-8H,16H2,1H3/t8-/m1/s1. The van der Waals surface area contributed by atoms with Gasteiger partial charge in [0.25, 0.3) is 0 Å². The molecule has 2 N–H and O–H groups in total. The summed E-state index contributed by atoms with van der Waals surface area (Å²) in [4.78, 5) is 5.33. The number of hydrogen-bond donors (Lipinski definition) is 1. The second kappa shape index (κ2) is 6.06. The first kappa shape index (κ1) is 13.9. The first-order chi connectivity index (χ1) is 8.58. The fourth-order valence-corrected chi connectivity index (χ4v) is 3.09. The van der Waals surface area contributed by atoms with E-state index in [0.29, 0.717) is 5.02 Å². The van der Waals surface area contributed by atoms with Crippen LogP contribution in [0.25, 0.3) is 0 Å². The van der Waals surface area contributed by atoms with E-state index >= 15 is 0 Å². The number of rotatable bonds is 3. The van der Waals surface area contributed by atoms with Gasteiger partial charge in [-0.3, -0.25) is 0 Å². The first-order valence-corrected chi connectivity index (χ1v) is 7.40. The predicted molar refractivity (Wildman–Crippen MR) is 80.1 cm³/mol. The average Bonchev–Trinajstić information content (AvgIpc) is 2.34. The third-order valence-electron chi connectivity index (χ3n) is 2.41. The molecular formula is C13H12BrClN2S. The summed E-state index contributed by atoms with van der Waals surface area (Å²) in [6.45, 7) is 1.96. The molecule has 94 valence electrons. The Morgan fingerprint density at radius 1 is 1.39 bits per heavy atom. The molecule has 2 rings (SSSR count). The van der Waals surface area contributed by atoms with Gasteiger partial charge in [0.15, 0.2) is 0 Å². The molecule has 1 heterocycles. The highest BCUT2D eigenvalue weighted by Crippen LogP contribution is 2.36. The van der Waals surface area contributed by atoms with Gasteiger partial charge in [0.1, 0.15) is 5.03 Å². The molecule has 0 saturated carbocycles. The van der Waals surface area contributed by atoms with Crippen LogP contribution in [0.15, 0.2) is 50.9 Å². The van der Waals surface area contributed by atoms with Crippen LogP contribution < -0.4 is 5.73 Å². The van der Waals surface area contributed by atoms with Gasteiger partial charge in [0, 0.05) is 21.6 Å². The normalized spacial score (nSPS) is 12.4. The zero-order valence-corrected chi connectivity index (χ0v) is 12.9. The van der Waals surface area contributed by atoms with Gasteiger partial charge < -0.3 is 5.73 Å². The van der Waals surface area contributed by atoms with Crippen LogP contribution in [0.2, 0.25) is 5.02 Å². The van der Waals surface area contributed by atoms with E-state index < -0.39 is 0 Å². The van der Waals surface area contributed by atoms with Crippen molar-refractivity contribution in [3.05, 3.63) is 51.6 Å². The van der Waals surface area contributed by atoms with E-state index in [1.54, 1.807) is 6.20 Å². The van der Waals surface area contributed by atoms with Gasteiger partial charge in [0.05, 0.1) is 5.02 Å². The molecule has 0 aliphatic rings. The Balaban J connectivity index is 2.28. The molecule has 0 fully saturated rings. The number of nitrogens with zero attached hydrogens (tertiary/aromatic N) is 1. The predicted octanol–water partition coefficient (Wildman–Crippen LogP) is 4.67. The van der Waals surface area contributed by atoms with E-state index in [4.69, 9.17) is 17.3 Å². The fourth-order valence-electron chi connectivity index (χ4n) is 1.43. The quantitative estimate of drug-likeness (QED) is 0.880. The molecule has 0 aliphatic carbocycles. The highest BCUT2D eigenvalue weighted by atomic mass is 79.9. The second-order valence-electron chi connectivity index (χ2n) is 3.87. The van der Waals surface area contributed by atoms with Crippen molar-refractivity contribution in [2.24, 2.45) is 5.73 Å². The number of aromatic nitrogens is 1. The number of benzene rings is 1. The van der Waals surface area contributed by atoms with E-state index in [2.05, 4.69) is 20.9 Å². The van der Waals surface area contributed by atoms with E-state index in [0.717, 1.165) is 20.0 Å². The molecule has 1 atom stereocenters. The third-order valence-corrected chi connectivity index (χ3v) is 4.84.